The number of likely N-dealkylation sites (tertiary alicyclic amines) is 1. The van der Waals surface area contributed by atoms with Crippen LogP contribution in [0.3, 0.4) is 0 Å². The molecule has 0 spiro atoms. The van der Waals surface area contributed by atoms with Crippen molar-refractivity contribution in [3.8, 4) is 11.8 Å². The number of amides is 1. The molecule has 100 valence electrons. The van der Waals surface area contributed by atoms with Crippen molar-refractivity contribution < 1.29 is 9.53 Å². The fourth-order valence-electron chi connectivity index (χ4n) is 2.46. The van der Waals surface area contributed by atoms with Gasteiger partial charge in [0.2, 0.25) is 5.91 Å². The van der Waals surface area contributed by atoms with Gasteiger partial charge in [0.05, 0.1) is 18.7 Å². The van der Waals surface area contributed by atoms with E-state index in [0.717, 1.165) is 24.3 Å². The van der Waals surface area contributed by atoms with Gasteiger partial charge in [0.25, 0.3) is 0 Å². The first-order chi connectivity index (χ1) is 9.17. The topological polar surface area (TPSA) is 53.3 Å². The van der Waals surface area contributed by atoms with Crippen LogP contribution in [0, 0.1) is 17.2 Å². The Balaban J connectivity index is 2.19. The maximum Gasteiger partial charge on any atom is 0.223 e. The maximum absolute atomic E-state index is 11.9. The molecule has 0 N–H and O–H groups in total. The SMILES string of the molecule is CCC1CC(=O)N(Cc2cc(C#N)ccc2OC)C1. The molecule has 1 aromatic carbocycles. The molecule has 0 saturated carbocycles. The molecule has 1 unspecified atom stereocenters. The van der Waals surface area contributed by atoms with Crippen molar-refractivity contribution in [2.75, 3.05) is 13.7 Å². The molecular formula is C15H18N2O2. The number of carbonyl (C=O) groups is 1. The lowest BCUT2D eigenvalue weighted by Crippen LogP contribution is -2.24. The molecule has 1 heterocycles. The highest BCUT2D eigenvalue weighted by molar-refractivity contribution is 5.78. The Labute approximate surface area is 113 Å². The Morgan fingerprint density at radius 3 is 2.89 bits per heavy atom. The summed E-state index contributed by atoms with van der Waals surface area (Å²) in [6.07, 6.45) is 1.66. The predicted molar refractivity (Wildman–Crippen MR) is 71.5 cm³/mol. The Bertz CT molecular complexity index is 519. The van der Waals surface area contributed by atoms with E-state index < -0.39 is 0 Å². The first-order valence-corrected chi connectivity index (χ1v) is 6.52. The highest BCUT2D eigenvalue weighted by Gasteiger charge is 2.28. The molecule has 0 bridgehead atoms. The van der Waals surface area contributed by atoms with Gasteiger partial charge in [0.1, 0.15) is 5.75 Å². The summed E-state index contributed by atoms with van der Waals surface area (Å²) in [6, 6.07) is 7.42. The number of nitrogens with zero attached hydrogens (tertiary/aromatic N) is 2. The zero-order valence-corrected chi connectivity index (χ0v) is 11.3. The van der Waals surface area contributed by atoms with Crippen LogP contribution in [-0.4, -0.2) is 24.5 Å². The van der Waals surface area contributed by atoms with Crippen LogP contribution in [0.4, 0.5) is 0 Å². The first kappa shape index (κ1) is 13.4. The predicted octanol–water partition coefficient (Wildman–Crippen LogP) is 2.33. The van der Waals surface area contributed by atoms with E-state index in [1.165, 1.54) is 0 Å². The van der Waals surface area contributed by atoms with Gasteiger partial charge in [0, 0.05) is 25.1 Å². The second-order valence-corrected chi connectivity index (χ2v) is 4.89. The second kappa shape index (κ2) is 5.75. The van der Waals surface area contributed by atoms with Crippen LogP contribution >= 0.6 is 0 Å². The van der Waals surface area contributed by atoms with Crippen LogP contribution in [0.5, 0.6) is 5.75 Å². The van der Waals surface area contributed by atoms with E-state index in [4.69, 9.17) is 10.00 Å². The van der Waals surface area contributed by atoms with Gasteiger partial charge in [-0.1, -0.05) is 13.3 Å². The van der Waals surface area contributed by atoms with Crippen LogP contribution in [0.1, 0.15) is 30.9 Å². The van der Waals surface area contributed by atoms with Gasteiger partial charge in [-0.25, -0.2) is 0 Å². The van der Waals surface area contributed by atoms with Gasteiger partial charge >= 0.3 is 0 Å². The summed E-state index contributed by atoms with van der Waals surface area (Å²) in [6.45, 7) is 3.43. The molecule has 0 aromatic heterocycles. The highest BCUT2D eigenvalue weighted by Crippen LogP contribution is 2.26. The lowest BCUT2D eigenvalue weighted by Gasteiger charge is -2.18. The third kappa shape index (κ3) is 2.87. The molecule has 4 heteroatoms. The molecule has 0 radical (unpaired) electrons. The fourth-order valence-corrected chi connectivity index (χ4v) is 2.46. The van der Waals surface area contributed by atoms with Gasteiger partial charge in [-0.2, -0.15) is 5.26 Å². The second-order valence-electron chi connectivity index (χ2n) is 4.89. The Kier molecular flexibility index (Phi) is 4.06. The molecule has 1 saturated heterocycles. The van der Waals surface area contributed by atoms with Crippen molar-refractivity contribution in [3.05, 3.63) is 29.3 Å². The molecule has 4 nitrogen and oxygen atoms in total. The number of hydrogen-bond donors (Lipinski definition) is 0. The molecule has 1 amide bonds. The molecule has 2 rings (SSSR count). The average Bonchev–Trinajstić information content (AvgIpc) is 2.79. The zero-order valence-electron chi connectivity index (χ0n) is 11.3. The summed E-state index contributed by atoms with van der Waals surface area (Å²) in [5.41, 5.74) is 1.49. The fraction of sp³-hybridized carbons (Fsp3) is 0.467. The minimum atomic E-state index is 0.191. The minimum Gasteiger partial charge on any atom is -0.496 e. The Morgan fingerprint density at radius 1 is 1.53 bits per heavy atom. The summed E-state index contributed by atoms with van der Waals surface area (Å²) < 4.78 is 5.30. The van der Waals surface area contributed by atoms with E-state index in [1.807, 2.05) is 4.90 Å². The molecular weight excluding hydrogens is 240 g/mol. The summed E-state index contributed by atoms with van der Waals surface area (Å²) >= 11 is 0. The van der Waals surface area contributed by atoms with Crippen molar-refractivity contribution in [1.29, 1.82) is 5.26 Å². The first-order valence-electron chi connectivity index (χ1n) is 6.52. The minimum absolute atomic E-state index is 0.191. The smallest absolute Gasteiger partial charge is 0.223 e. The third-order valence-corrected chi connectivity index (χ3v) is 3.64. The molecule has 1 atom stereocenters. The van der Waals surface area contributed by atoms with Crippen LogP contribution in [-0.2, 0) is 11.3 Å². The van der Waals surface area contributed by atoms with E-state index in [0.29, 0.717) is 24.4 Å². The van der Waals surface area contributed by atoms with Crippen LogP contribution < -0.4 is 4.74 Å². The number of rotatable bonds is 4. The van der Waals surface area contributed by atoms with Crippen molar-refractivity contribution in [1.82, 2.24) is 4.90 Å². The van der Waals surface area contributed by atoms with Crippen LogP contribution in [0.25, 0.3) is 0 Å². The summed E-state index contributed by atoms with van der Waals surface area (Å²) in [7, 11) is 1.60. The van der Waals surface area contributed by atoms with Crippen molar-refractivity contribution in [2.24, 2.45) is 5.92 Å². The molecule has 1 aliphatic rings. The standard InChI is InChI=1S/C15H18N2O2/c1-3-11-7-15(18)17(9-11)10-13-6-12(8-16)4-5-14(13)19-2/h4-6,11H,3,7,9-10H2,1-2H3. The number of nitriles is 1. The molecule has 19 heavy (non-hydrogen) atoms. The van der Waals surface area contributed by atoms with E-state index >= 15 is 0 Å². The number of benzene rings is 1. The van der Waals surface area contributed by atoms with Gasteiger partial charge < -0.3 is 9.64 Å². The third-order valence-electron chi connectivity index (χ3n) is 3.64. The molecule has 0 aliphatic carbocycles. The van der Waals surface area contributed by atoms with Crippen LogP contribution in [0.15, 0.2) is 18.2 Å². The normalized spacial score (nSPS) is 18.5. The van der Waals surface area contributed by atoms with E-state index in [9.17, 15) is 4.79 Å². The molecule has 1 aliphatic heterocycles. The Morgan fingerprint density at radius 2 is 2.32 bits per heavy atom. The highest BCUT2D eigenvalue weighted by atomic mass is 16.5. The molecule has 1 fully saturated rings. The summed E-state index contributed by atoms with van der Waals surface area (Å²) in [5, 5.41) is 8.95. The molecule has 1 aromatic rings. The van der Waals surface area contributed by atoms with Gasteiger partial charge in [-0.15, -0.1) is 0 Å². The van der Waals surface area contributed by atoms with Gasteiger partial charge in [0.15, 0.2) is 0 Å². The Hall–Kier alpha value is -2.02. The quantitative estimate of drug-likeness (QED) is 0.832. The van der Waals surface area contributed by atoms with E-state index in [-0.39, 0.29) is 5.91 Å². The number of carbonyl (C=O) groups excluding carboxylic acids is 1. The number of hydrogen-bond acceptors (Lipinski definition) is 3. The maximum atomic E-state index is 11.9. The number of ether oxygens (including phenoxy) is 1. The monoisotopic (exact) mass is 258 g/mol. The summed E-state index contributed by atoms with van der Waals surface area (Å²) in [4.78, 5) is 13.8. The number of methoxy groups -OCH3 is 1. The van der Waals surface area contributed by atoms with Crippen LogP contribution in [0.2, 0.25) is 0 Å². The largest absolute Gasteiger partial charge is 0.496 e. The van der Waals surface area contributed by atoms with Crippen molar-refractivity contribution >= 4 is 5.91 Å². The van der Waals surface area contributed by atoms with E-state index in [1.54, 1.807) is 25.3 Å². The van der Waals surface area contributed by atoms with Gasteiger partial charge in [-0.3, -0.25) is 4.79 Å². The average molecular weight is 258 g/mol. The van der Waals surface area contributed by atoms with Crippen molar-refractivity contribution in [3.63, 3.8) is 0 Å². The summed E-state index contributed by atoms with van der Waals surface area (Å²) in [5.74, 6) is 1.38. The van der Waals surface area contributed by atoms with Gasteiger partial charge in [-0.05, 0) is 24.1 Å². The lowest BCUT2D eigenvalue weighted by molar-refractivity contribution is -0.128. The van der Waals surface area contributed by atoms with E-state index in [2.05, 4.69) is 13.0 Å². The van der Waals surface area contributed by atoms with Crippen molar-refractivity contribution in [2.45, 2.75) is 26.3 Å². The zero-order chi connectivity index (χ0) is 13.8. The lowest BCUT2D eigenvalue weighted by atomic mass is 10.1.